The predicted molar refractivity (Wildman–Crippen MR) is 106 cm³/mol. The van der Waals surface area contributed by atoms with Gasteiger partial charge in [0.15, 0.2) is 11.5 Å². The van der Waals surface area contributed by atoms with E-state index in [0.717, 1.165) is 28.9 Å². The minimum absolute atomic E-state index is 0.130. The molecule has 0 unspecified atom stereocenters. The van der Waals surface area contributed by atoms with E-state index < -0.39 is 6.09 Å². The summed E-state index contributed by atoms with van der Waals surface area (Å²) in [6, 6.07) is 9.40. The third-order valence-electron chi connectivity index (χ3n) is 4.87. The van der Waals surface area contributed by atoms with Gasteiger partial charge in [-0.3, -0.25) is 0 Å². The lowest BCUT2D eigenvalue weighted by Gasteiger charge is -2.16. The van der Waals surface area contributed by atoms with Gasteiger partial charge < -0.3 is 20.1 Å². The van der Waals surface area contributed by atoms with Gasteiger partial charge in [0.2, 0.25) is 0 Å². The molecule has 2 N–H and O–H groups in total. The molecule has 1 aromatic carbocycles. The number of anilines is 1. The molecular formula is C19H20ClN5O3. The largest absolute Gasteiger partial charge is 0.497 e. The molecule has 9 heteroatoms. The van der Waals surface area contributed by atoms with Crippen LogP contribution in [0.1, 0.15) is 12.0 Å². The van der Waals surface area contributed by atoms with Gasteiger partial charge in [-0.25, -0.2) is 14.5 Å². The van der Waals surface area contributed by atoms with Crippen LogP contribution in [-0.4, -0.2) is 52.2 Å². The first-order valence-corrected chi connectivity index (χ1v) is 9.31. The number of aromatic nitrogens is 3. The Morgan fingerprint density at radius 1 is 1.36 bits per heavy atom. The molecule has 146 valence electrons. The van der Waals surface area contributed by atoms with Crippen LogP contribution in [0.2, 0.25) is 5.02 Å². The molecule has 1 amide bonds. The van der Waals surface area contributed by atoms with Crippen molar-refractivity contribution in [2.24, 2.45) is 0 Å². The monoisotopic (exact) mass is 401 g/mol. The number of nitrogens with zero attached hydrogens (tertiary/aromatic N) is 4. The smallest absolute Gasteiger partial charge is 0.404 e. The number of halogens is 1. The van der Waals surface area contributed by atoms with Gasteiger partial charge in [0.25, 0.3) is 0 Å². The zero-order valence-electron chi connectivity index (χ0n) is 15.3. The molecule has 0 aliphatic carbocycles. The van der Waals surface area contributed by atoms with E-state index >= 15 is 0 Å². The summed E-state index contributed by atoms with van der Waals surface area (Å²) in [5.74, 6) is 1.53. The van der Waals surface area contributed by atoms with Gasteiger partial charge in [-0.05, 0) is 30.2 Å². The second-order valence-electron chi connectivity index (χ2n) is 6.70. The number of hydrogen-bond acceptors (Lipinski definition) is 5. The van der Waals surface area contributed by atoms with Crippen molar-refractivity contribution in [1.29, 1.82) is 0 Å². The van der Waals surface area contributed by atoms with Crippen molar-refractivity contribution in [2.45, 2.75) is 19.0 Å². The number of hydrogen-bond donors (Lipinski definition) is 2. The topological polar surface area (TPSA) is 92.5 Å². The molecule has 1 aliphatic heterocycles. The van der Waals surface area contributed by atoms with E-state index in [0.29, 0.717) is 30.3 Å². The Labute approximate surface area is 166 Å². The Bertz CT molecular complexity index is 1000. The highest BCUT2D eigenvalue weighted by molar-refractivity contribution is 6.36. The Kier molecular flexibility index (Phi) is 4.95. The second-order valence-corrected chi connectivity index (χ2v) is 7.11. The zero-order valence-corrected chi connectivity index (χ0v) is 16.1. The van der Waals surface area contributed by atoms with Gasteiger partial charge in [0.1, 0.15) is 5.75 Å². The van der Waals surface area contributed by atoms with Crippen molar-refractivity contribution in [1.82, 2.24) is 20.1 Å². The molecule has 2 aromatic heterocycles. The molecule has 0 spiro atoms. The summed E-state index contributed by atoms with van der Waals surface area (Å²) in [7, 11) is 1.64. The van der Waals surface area contributed by atoms with Crippen molar-refractivity contribution in [3.05, 3.63) is 47.1 Å². The van der Waals surface area contributed by atoms with Gasteiger partial charge >= 0.3 is 6.09 Å². The van der Waals surface area contributed by atoms with Crippen molar-refractivity contribution in [2.75, 3.05) is 25.1 Å². The second kappa shape index (κ2) is 7.55. The zero-order chi connectivity index (χ0) is 19.7. The Morgan fingerprint density at radius 2 is 2.14 bits per heavy atom. The van der Waals surface area contributed by atoms with Crippen LogP contribution < -0.4 is 15.0 Å². The van der Waals surface area contributed by atoms with E-state index in [2.05, 4.69) is 15.2 Å². The lowest BCUT2D eigenvalue weighted by Crippen LogP contribution is -2.36. The number of pyridine rings is 1. The van der Waals surface area contributed by atoms with Gasteiger partial charge in [-0.1, -0.05) is 23.7 Å². The van der Waals surface area contributed by atoms with Crippen LogP contribution in [0, 0.1) is 0 Å². The number of rotatable bonds is 5. The van der Waals surface area contributed by atoms with E-state index in [9.17, 15) is 4.79 Å². The molecule has 0 radical (unpaired) electrons. The van der Waals surface area contributed by atoms with Crippen molar-refractivity contribution >= 4 is 34.5 Å². The molecule has 3 aromatic rings. The van der Waals surface area contributed by atoms with Crippen LogP contribution in [0.4, 0.5) is 10.6 Å². The molecular weight excluding hydrogens is 382 g/mol. The highest BCUT2D eigenvalue weighted by Crippen LogP contribution is 2.33. The number of methoxy groups -OCH3 is 1. The average molecular weight is 402 g/mol. The van der Waals surface area contributed by atoms with Gasteiger partial charge in [-0.2, -0.15) is 5.10 Å². The summed E-state index contributed by atoms with van der Waals surface area (Å²) >= 11 is 6.47. The van der Waals surface area contributed by atoms with E-state index in [1.54, 1.807) is 19.4 Å². The maximum Gasteiger partial charge on any atom is 0.404 e. The minimum Gasteiger partial charge on any atom is -0.497 e. The summed E-state index contributed by atoms with van der Waals surface area (Å²) in [6.45, 7) is 1.79. The number of nitrogens with one attached hydrogen (secondary N) is 1. The summed E-state index contributed by atoms with van der Waals surface area (Å²) in [5, 5.41) is 17.6. The van der Waals surface area contributed by atoms with E-state index in [4.69, 9.17) is 26.5 Å². The average Bonchev–Trinajstić information content (AvgIpc) is 3.27. The van der Waals surface area contributed by atoms with Crippen molar-refractivity contribution in [3.8, 4) is 5.75 Å². The lowest BCUT2D eigenvalue weighted by atomic mass is 10.2. The van der Waals surface area contributed by atoms with Crippen LogP contribution in [0.3, 0.4) is 0 Å². The molecule has 3 heterocycles. The molecule has 0 bridgehead atoms. The number of fused-ring (bicyclic) bond motifs is 1. The standard InChI is InChI=1S/C19H20ClN5O3/c1-28-14-4-2-12(3-5-14)10-25-17-16(15(20)6-8-21-17)18(23-25)24-9-7-13(11-24)22-19(26)27/h2-6,8,13,22H,7,9-11H2,1H3,(H,26,27)/t13-/m1/s1. The van der Waals surface area contributed by atoms with Gasteiger partial charge in [0, 0.05) is 19.3 Å². The summed E-state index contributed by atoms with van der Waals surface area (Å²) in [5.41, 5.74) is 1.76. The fourth-order valence-corrected chi connectivity index (χ4v) is 3.75. The normalized spacial score (nSPS) is 16.5. The number of amides is 1. The van der Waals surface area contributed by atoms with E-state index in [-0.39, 0.29) is 6.04 Å². The number of benzene rings is 1. The Morgan fingerprint density at radius 3 is 2.86 bits per heavy atom. The first-order chi connectivity index (χ1) is 13.5. The quantitative estimate of drug-likeness (QED) is 0.682. The van der Waals surface area contributed by atoms with Crippen LogP contribution in [-0.2, 0) is 6.54 Å². The highest BCUT2D eigenvalue weighted by atomic mass is 35.5. The maximum absolute atomic E-state index is 10.9. The van der Waals surface area contributed by atoms with E-state index in [1.165, 1.54) is 0 Å². The molecule has 1 fully saturated rings. The number of carboxylic acid groups (broad SMARTS) is 1. The molecule has 1 atom stereocenters. The van der Waals surface area contributed by atoms with E-state index in [1.807, 2.05) is 28.9 Å². The lowest BCUT2D eigenvalue weighted by molar-refractivity contribution is 0.191. The van der Waals surface area contributed by atoms with Crippen LogP contribution in [0.5, 0.6) is 5.75 Å². The minimum atomic E-state index is -1.01. The van der Waals surface area contributed by atoms with Crippen LogP contribution >= 0.6 is 11.6 Å². The first kappa shape index (κ1) is 18.4. The first-order valence-electron chi connectivity index (χ1n) is 8.93. The summed E-state index contributed by atoms with van der Waals surface area (Å²) in [4.78, 5) is 17.5. The fourth-order valence-electron chi connectivity index (χ4n) is 3.52. The van der Waals surface area contributed by atoms with Gasteiger partial charge in [-0.15, -0.1) is 0 Å². The molecule has 8 nitrogen and oxygen atoms in total. The number of carbonyl (C=O) groups is 1. The summed E-state index contributed by atoms with van der Waals surface area (Å²) < 4.78 is 7.04. The fraction of sp³-hybridized carbons (Fsp3) is 0.316. The van der Waals surface area contributed by atoms with Crippen molar-refractivity contribution < 1.29 is 14.6 Å². The summed E-state index contributed by atoms with van der Waals surface area (Å²) in [6.07, 6.45) is 1.37. The van der Waals surface area contributed by atoms with Crippen LogP contribution in [0.15, 0.2) is 36.5 Å². The third kappa shape index (κ3) is 3.55. The maximum atomic E-state index is 10.9. The molecule has 1 saturated heterocycles. The molecule has 4 rings (SSSR count). The Balaban J connectivity index is 1.67. The molecule has 0 saturated carbocycles. The third-order valence-corrected chi connectivity index (χ3v) is 5.19. The highest BCUT2D eigenvalue weighted by Gasteiger charge is 2.28. The SMILES string of the molecule is COc1ccc(Cn2nc(N3CC[C@@H](NC(=O)O)C3)c3c(Cl)ccnc32)cc1. The predicted octanol–water partition coefficient (Wildman–Crippen LogP) is 2.99. The van der Waals surface area contributed by atoms with Gasteiger partial charge in [0.05, 0.1) is 30.1 Å². The van der Waals surface area contributed by atoms with Crippen LogP contribution in [0.25, 0.3) is 11.0 Å². The van der Waals surface area contributed by atoms with Crippen molar-refractivity contribution in [3.63, 3.8) is 0 Å². The Hall–Kier alpha value is -3.00. The number of ether oxygens (including phenoxy) is 1. The molecule has 1 aliphatic rings. The molecule has 28 heavy (non-hydrogen) atoms.